The van der Waals surface area contributed by atoms with Gasteiger partial charge in [0.15, 0.2) is 15.6 Å². The van der Waals surface area contributed by atoms with Crippen LogP contribution in [-0.4, -0.2) is 40.6 Å². The Morgan fingerprint density at radius 2 is 1.69 bits per heavy atom. The van der Waals surface area contributed by atoms with Crippen molar-refractivity contribution in [1.82, 2.24) is 0 Å². The van der Waals surface area contributed by atoms with E-state index in [4.69, 9.17) is 9.47 Å². The van der Waals surface area contributed by atoms with Gasteiger partial charge >= 0.3 is 0 Å². The molecule has 0 saturated heterocycles. The molecule has 1 aromatic carbocycles. The predicted molar refractivity (Wildman–Crippen MR) is 111 cm³/mol. The van der Waals surface area contributed by atoms with Crippen molar-refractivity contribution < 1.29 is 27.5 Å². The van der Waals surface area contributed by atoms with Crippen LogP contribution in [0.5, 0.6) is 11.5 Å². The van der Waals surface area contributed by atoms with Gasteiger partial charge in [-0.1, -0.05) is 13.8 Å². The van der Waals surface area contributed by atoms with Crippen LogP contribution >= 0.6 is 11.3 Å². The Balaban J connectivity index is 2.08. The maximum Gasteiger partial charge on any atom is 0.266 e. The van der Waals surface area contributed by atoms with E-state index in [2.05, 4.69) is 5.32 Å². The van der Waals surface area contributed by atoms with Gasteiger partial charge in [-0.05, 0) is 17.4 Å². The summed E-state index contributed by atoms with van der Waals surface area (Å²) in [6.45, 7) is 3.86. The minimum atomic E-state index is -3.64. The molecule has 9 heteroatoms. The lowest BCUT2D eigenvalue weighted by atomic mass is 9.74. The molecule has 0 radical (unpaired) electrons. The number of methoxy groups -OCH3 is 2. The van der Waals surface area contributed by atoms with Gasteiger partial charge in [0.25, 0.3) is 5.91 Å². The van der Waals surface area contributed by atoms with Gasteiger partial charge in [0.1, 0.15) is 15.7 Å². The van der Waals surface area contributed by atoms with Crippen LogP contribution in [0.1, 0.15) is 45.9 Å². The summed E-state index contributed by atoms with van der Waals surface area (Å²) in [5.41, 5.74) is 0.763. The van der Waals surface area contributed by atoms with E-state index in [1.165, 1.54) is 14.2 Å². The third kappa shape index (κ3) is 4.30. The first-order chi connectivity index (χ1) is 13.4. The van der Waals surface area contributed by atoms with Gasteiger partial charge in [0.2, 0.25) is 0 Å². The van der Waals surface area contributed by atoms with Crippen LogP contribution in [0, 0.1) is 5.41 Å². The molecule has 156 valence electrons. The SMILES string of the molecule is COc1cc(NC(=O)c2sc(S(C)(=O)=O)c3c2CC(C)(C)CC3=O)cc(OC)c1. The zero-order valence-electron chi connectivity index (χ0n) is 16.9. The summed E-state index contributed by atoms with van der Waals surface area (Å²) in [4.78, 5) is 26.0. The molecule has 0 spiro atoms. The van der Waals surface area contributed by atoms with Crippen LogP contribution in [0.3, 0.4) is 0 Å². The van der Waals surface area contributed by atoms with Gasteiger partial charge < -0.3 is 14.8 Å². The minimum Gasteiger partial charge on any atom is -0.497 e. The number of benzene rings is 1. The molecule has 0 atom stereocenters. The first-order valence-corrected chi connectivity index (χ1v) is 11.6. The van der Waals surface area contributed by atoms with Crippen LogP contribution in [-0.2, 0) is 16.3 Å². The lowest BCUT2D eigenvalue weighted by Crippen LogP contribution is -2.28. The van der Waals surface area contributed by atoms with Gasteiger partial charge in [-0.25, -0.2) is 8.42 Å². The van der Waals surface area contributed by atoms with E-state index in [0.717, 1.165) is 17.6 Å². The molecular formula is C20H23NO6S2. The molecule has 1 heterocycles. The Hall–Kier alpha value is -2.39. The number of anilines is 1. The summed E-state index contributed by atoms with van der Waals surface area (Å²) in [5, 5.41) is 2.77. The number of rotatable bonds is 5. The number of ketones is 1. The zero-order chi connectivity index (χ0) is 21.6. The second kappa shape index (κ2) is 7.46. The third-order valence-electron chi connectivity index (χ3n) is 4.70. The Kier molecular flexibility index (Phi) is 5.48. The van der Waals surface area contributed by atoms with Gasteiger partial charge in [-0.3, -0.25) is 9.59 Å². The monoisotopic (exact) mass is 437 g/mol. The molecule has 0 fully saturated rings. The van der Waals surface area contributed by atoms with Crippen molar-refractivity contribution in [3.05, 3.63) is 34.2 Å². The summed E-state index contributed by atoms with van der Waals surface area (Å²) in [7, 11) is -0.639. The normalized spacial score (nSPS) is 15.6. The van der Waals surface area contributed by atoms with Crippen LogP contribution in [0.25, 0.3) is 0 Å². The summed E-state index contributed by atoms with van der Waals surface area (Å²) < 4.78 is 34.9. The fraction of sp³-hybridized carbons (Fsp3) is 0.400. The molecular weight excluding hydrogens is 414 g/mol. The van der Waals surface area contributed by atoms with Gasteiger partial charge in [-0.15, -0.1) is 11.3 Å². The van der Waals surface area contributed by atoms with Crippen LogP contribution in [0.4, 0.5) is 5.69 Å². The molecule has 1 amide bonds. The van der Waals surface area contributed by atoms with Crippen LogP contribution < -0.4 is 14.8 Å². The quantitative estimate of drug-likeness (QED) is 0.768. The Morgan fingerprint density at radius 3 is 2.21 bits per heavy atom. The molecule has 0 bridgehead atoms. The fourth-order valence-corrected chi connectivity index (χ4v) is 5.90. The van der Waals surface area contributed by atoms with Crippen molar-refractivity contribution in [2.24, 2.45) is 5.41 Å². The number of hydrogen-bond acceptors (Lipinski definition) is 7. The standard InChI is InChI=1S/C20H23NO6S2/c1-20(2)9-14-16(15(22)10-20)19(29(5,24)25)28-17(14)18(23)21-11-6-12(26-3)8-13(7-11)27-4/h6-8H,9-10H2,1-5H3,(H,21,23). The van der Waals surface area contributed by atoms with Crippen molar-refractivity contribution in [2.75, 3.05) is 25.8 Å². The van der Waals surface area contributed by atoms with Crippen molar-refractivity contribution in [1.29, 1.82) is 0 Å². The van der Waals surface area contributed by atoms with E-state index in [1.807, 2.05) is 13.8 Å². The fourth-order valence-electron chi connectivity index (χ4n) is 3.47. The first kappa shape index (κ1) is 21.3. The van der Waals surface area contributed by atoms with Crippen molar-refractivity contribution >= 4 is 38.6 Å². The van der Waals surface area contributed by atoms with Crippen molar-refractivity contribution in [3.8, 4) is 11.5 Å². The zero-order valence-corrected chi connectivity index (χ0v) is 18.5. The number of amides is 1. The number of carbonyl (C=O) groups excluding carboxylic acids is 2. The van der Waals surface area contributed by atoms with Crippen LogP contribution in [0.2, 0.25) is 0 Å². The second-order valence-corrected chi connectivity index (χ2v) is 11.1. The number of Topliss-reactive ketones (excluding diaryl/α,β-unsaturated/α-hetero) is 1. The number of nitrogens with one attached hydrogen (secondary N) is 1. The highest BCUT2D eigenvalue weighted by atomic mass is 32.2. The highest BCUT2D eigenvalue weighted by Crippen LogP contribution is 2.43. The lowest BCUT2D eigenvalue weighted by Gasteiger charge is -2.29. The molecule has 1 aliphatic rings. The largest absolute Gasteiger partial charge is 0.497 e. The number of sulfone groups is 1. The van der Waals surface area contributed by atoms with Crippen molar-refractivity contribution in [3.63, 3.8) is 0 Å². The predicted octanol–water partition coefficient (Wildman–Crippen LogP) is 3.58. The molecule has 2 aromatic rings. The lowest BCUT2D eigenvalue weighted by molar-refractivity contribution is 0.0909. The van der Waals surface area contributed by atoms with E-state index in [0.29, 0.717) is 29.2 Å². The number of hydrogen-bond donors (Lipinski definition) is 1. The Morgan fingerprint density at radius 1 is 1.10 bits per heavy atom. The molecule has 7 nitrogen and oxygen atoms in total. The Bertz CT molecular complexity index is 1080. The highest BCUT2D eigenvalue weighted by Gasteiger charge is 2.39. The first-order valence-electron chi connectivity index (χ1n) is 8.88. The Labute approximate surface area is 173 Å². The highest BCUT2D eigenvalue weighted by molar-refractivity contribution is 7.92. The molecule has 1 aromatic heterocycles. The van der Waals surface area contributed by atoms with E-state index >= 15 is 0 Å². The minimum absolute atomic E-state index is 0.0404. The molecule has 29 heavy (non-hydrogen) atoms. The number of carbonyl (C=O) groups is 2. The van der Waals surface area contributed by atoms with Gasteiger partial charge in [0, 0.05) is 36.6 Å². The second-order valence-electron chi connectivity index (χ2n) is 7.84. The molecule has 0 aliphatic heterocycles. The molecule has 1 aliphatic carbocycles. The van der Waals surface area contributed by atoms with Crippen LogP contribution in [0.15, 0.2) is 22.4 Å². The van der Waals surface area contributed by atoms with E-state index in [9.17, 15) is 18.0 Å². The summed E-state index contributed by atoms with van der Waals surface area (Å²) in [6.07, 6.45) is 1.75. The summed E-state index contributed by atoms with van der Waals surface area (Å²) in [6, 6.07) is 4.94. The third-order valence-corrected chi connectivity index (χ3v) is 7.76. The van der Waals surface area contributed by atoms with Gasteiger partial charge in [-0.2, -0.15) is 0 Å². The molecule has 0 unspecified atom stereocenters. The number of thiophene rings is 1. The van der Waals surface area contributed by atoms with Gasteiger partial charge in [0.05, 0.1) is 24.7 Å². The van der Waals surface area contributed by atoms with E-state index in [-0.39, 0.29) is 32.3 Å². The average molecular weight is 438 g/mol. The summed E-state index contributed by atoms with van der Waals surface area (Å²) in [5.74, 6) is 0.291. The molecule has 1 N–H and O–H groups in total. The van der Waals surface area contributed by atoms with E-state index < -0.39 is 15.7 Å². The van der Waals surface area contributed by atoms with Crippen molar-refractivity contribution in [2.45, 2.75) is 30.9 Å². The smallest absolute Gasteiger partial charge is 0.266 e. The maximum atomic E-state index is 13.1. The molecule has 3 rings (SSSR count). The summed E-state index contributed by atoms with van der Waals surface area (Å²) >= 11 is 0.851. The molecule has 0 saturated carbocycles. The topological polar surface area (TPSA) is 98.8 Å². The number of fused-ring (bicyclic) bond motifs is 1. The average Bonchev–Trinajstić information content (AvgIpc) is 3.00. The number of ether oxygens (including phenoxy) is 2. The maximum absolute atomic E-state index is 13.1. The van der Waals surface area contributed by atoms with E-state index in [1.54, 1.807) is 18.2 Å².